The number of hydrogen-bond acceptors (Lipinski definition) is 17. The fraction of sp³-hybridized carbons (Fsp3) is 0.600. The minimum Gasteiger partial charge on any atom is -0.460 e. The normalized spacial score (nSPS) is 11.5. The highest BCUT2D eigenvalue weighted by atomic mass is 32.2. The molecule has 0 aliphatic heterocycles. The van der Waals surface area contributed by atoms with Gasteiger partial charge in [-0.3, -0.25) is 9.59 Å². The van der Waals surface area contributed by atoms with E-state index in [1.807, 2.05) is 51.5 Å². The van der Waals surface area contributed by atoms with Crippen molar-refractivity contribution in [3.05, 3.63) is 48.5 Å². The highest BCUT2D eigenvalue weighted by Gasteiger charge is 2.16. The highest BCUT2D eigenvalue weighted by Crippen LogP contribution is 2.28. The molecule has 0 unspecified atom stereocenters. The number of hydrogen-bond donors (Lipinski definition) is 1. The Balaban J connectivity index is 1.12. The summed E-state index contributed by atoms with van der Waals surface area (Å²) in [7, 11) is 0. The van der Waals surface area contributed by atoms with Crippen molar-refractivity contribution < 1.29 is 52.2 Å². The van der Waals surface area contributed by atoms with Crippen molar-refractivity contribution in [2.45, 2.75) is 43.1 Å². The number of esters is 1. The molecule has 0 spiro atoms. The second kappa shape index (κ2) is 29.8. The van der Waals surface area contributed by atoms with Crippen molar-refractivity contribution in [2.24, 2.45) is 0 Å². The van der Waals surface area contributed by atoms with E-state index in [9.17, 15) is 9.59 Å². The van der Waals surface area contributed by atoms with E-state index in [-0.39, 0.29) is 18.3 Å². The zero-order chi connectivity index (χ0) is 41.7. The third-order valence-electron chi connectivity index (χ3n) is 7.49. The molecule has 3 aromatic rings. The maximum atomic E-state index is 13.2. The lowest BCUT2D eigenvalue weighted by Crippen LogP contribution is -2.27. The third-order valence-corrected chi connectivity index (χ3v) is 8.64. The average molecular weight is 850 g/mol. The fourth-order valence-electron chi connectivity index (χ4n) is 4.76. The van der Waals surface area contributed by atoms with E-state index in [1.54, 1.807) is 24.8 Å². The first-order chi connectivity index (χ1) is 28.2. The fourth-order valence-corrected chi connectivity index (χ4v) is 5.39. The monoisotopic (exact) mass is 849 g/mol. The van der Waals surface area contributed by atoms with Gasteiger partial charge >= 0.3 is 5.97 Å². The van der Waals surface area contributed by atoms with Gasteiger partial charge in [0.1, 0.15) is 5.60 Å². The minimum absolute atomic E-state index is 0.222. The lowest BCUT2D eigenvalue weighted by Gasteiger charge is -2.19. The Hall–Kier alpha value is -3.30. The van der Waals surface area contributed by atoms with E-state index in [0.717, 1.165) is 22.3 Å². The van der Waals surface area contributed by atoms with E-state index in [4.69, 9.17) is 42.6 Å². The second-order valence-electron chi connectivity index (χ2n) is 13.2. The topological polar surface area (TPSA) is 181 Å². The number of thioether (sulfide) groups is 2. The molecule has 58 heavy (non-hydrogen) atoms. The molecule has 2 aromatic heterocycles. The van der Waals surface area contributed by atoms with Gasteiger partial charge in [0.05, 0.1) is 112 Å². The van der Waals surface area contributed by atoms with Gasteiger partial charge in [0.15, 0.2) is 10.3 Å². The molecule has 1 amide bonds. The summed E-state index contributed by atoms with van der Waals surface area (Å²) in [4.78, 5) is 42.3. The summed E-state index contributed by atoms with van der Waals surface area (Å²) in [6, 6.07) is 5.62. The van der Waals surface area contributed by atoms with Crippen LogP contribution in [0.1, 0.15) is 37.6 Å². The molecule has 1 aromatic carbocycles. The van der Waals surface area contributed by atoms with Gasteiger partial charge in [0, 0.05) is 48.0 Å². The second-order valence-corrected chi connectivity index (χ2v) is 14.8. The van der Waals surface area contributed by atoms with Crippen LogP contribution < -0.4 is 5.32 Å². The van der Waals surface area contributed by atoms with E-state index >= 15 is 0 Å². The molecule has 0 bridgehead atoms. The zero-order valence-corrected chi connectivity index (χ0v) is 36.0. The van der Waals surface area contributed by atoms with Crippen LogP contribution in [0.15, 0.2) is 53.3 Å². The van der Waals surface area contributed by atoms with Crippen LogP contribution in [0.5, 0.6) is 0 Å². The zero-order valence-electron chi connectivity index (χ0n) is 34.4. The molecule has 322 valence electrons. The molecule has 3 rings (SSSR count). The maximum absolute atomic E-state index is 13.2. The Morgan fingerprint density at radius 2 is 0.862 bits per heavy atom. The average Bonchev–Trinajstić information content (AvgIpc) is 3.22. The number of ether oxygens (including phenoxy) is 9. The van der Waals surface area contributed by atoms with Crippen LogP contribution in [0.2, 0.25) is 0 Å². The molecule has 16 nitrogen and oxygen atoms in total. The molecule has 0 aliphatic carbocycles. The van der Waals surface area contributed by atoms with Gasteiger partial charge < -0.3 is 47.9 Å². The first kappa shape index (κ1) is 49.1. The SMILES string of the molecule is CSc1ncc(-c2cc(C(=O)NCCOCCOCCOCCOCCOCCOCCOCCOCCC(=O)OC(C)(C)C)cc(-c3cnc(SC)nc3)c2)cn1. The van der Waals surface area contributed by atoms with Gasteiger partial charge in [0.25, 0.3) is 5.91 Å². The van der Waals surface area contributed by atoms with E-state index in [2.05, 4.69) is 25.3 Å². The van der Waals surface area contributed by atoms with Gasteiger partial charge in [-0.1, -0.05) is 23.5 Å². The predicted molar refractivity (Wildman–Crippen MR) is 221 cm³/mol. The Morgan fingerprint density at radius 3 is 1.21 bits per heavy atom. The van der Waals surface area contributed by atoms with Crippen LogP contribution in [-0.4, -0.2) is 162 Å². The van der Waals surface area contributed by atoms with Crippen LogP contribution in [0.3, 0.4) is 0 Å². The standard InChI is InChI=1S/C40H59N5O11S2/c1-40(2,3)56-36(46)6-8-48-10-12-50-14-16-52-18-20-54-22-23-55-21-19-53-17-15-51-13-11-49-9-7-41-37(47)33-25-31(34-27-42-38(57-4)43-28-34)24-32(26-33)35-29-44-39(58-5)45-30-35/h24-30H,6-23H2,1-5H3,(H,41,47). The molecular weight excluding hydrogens is 791 g/mol. The number of carbonyl (C=O) groups excluding carboxylic acids is 2. The van der Waals surface area contributed by atoms with Crippen LogP contribution in [0.4, 0.5) is 0 Å². The van der Waals surface area contributed by atoms with Crippen molar-refractivity contribution in [3.8, 4) is 22.3 Å². The predicted octanol–water partition coefficient (Wildman–Crippen LogP) is 4.64. The Bertz CT molecular complexity index is 1500. The number of aromatic nitrogens is 4. The molecular formula is C40H59N5O11S2. The molecule has 0 saturated carbocycles. The van der Waals surface area contributed by atoms with Gasteiger partial charge in [-0.05, 0) is 62.6 Å². The van der Waals surface area contributed by atoms with Crippen LogP contribution in [-0.2, 0) is 47.4 Å². The summed E-state index contributed by atoms with van der Waals surface area (Å²) in [5.41, 5.74) is 3.23. The molecule has 0 saturated heterocycles. The van der Waals surface area contributed by atoms with Crippen molar-refractivity contribution in [3.63, 3.8) is 0 Å². The van der Waals surface area contributed by atoms with Crippen LogP contribution in [0.25, 0.3) is 22.3 Å². The largest absolute Gasteiger partial charge is 0.460 e. The van der Waals surface area contributed by atoms with E-state index in [0.29, 0.717) is 128 Å². The number of carbonyl (C=O) groups is 2. The molecule has 2 heterocycles. The summed E-state index contributed by atoms with van der Waals surface area (Å²) >= 11 is 2.93. The number of benzene rings is 1. The number of nitrogens with one attached hydrogen (secondary N) is 1. The number of rotatable bonds is 32. The summed E-state index contributed by atoms with van der Waals surface area (Å²) in [5.74, 6) is -0.497. The van der Waals surface area contributed by atoms with Crippen molar-refractivity contribution in [1.82, 2.24) is 25.3 Å². The Labute approximate surface area is 350 Å². The molecule has 0 aliphatic rings. The Kier molecular flexibility index (Phi) is 25.2. The van der Waals surface area contributed by atoms with Crippen molar-refractivity contribution in [2.75, 3.05) is 125 Å². The van der Waals surface area contributed by atoms with Gasteiger partial charge in [-0.25, -0.2) is 19.9 Å². The summed E-state index contributed by atoms with van der Waals surface area (Å²) < 4.78 is 49.2. The van der Waals surface area contributed by atoms with Gasteiger partial charge in [-0.15, -0.1) is 0 Å². The molecule has 0 atom stereocenters. The van der Waals surface area contributed by atoms with E-state index in [1.165, 1.54) is 23.5 Å². The minimum atomic E-state index is -0.484. The number of amides is 1. The summed E-state index contributed by atoms with van der Waals surface area (Å²) in [6.07, 6.45) is 11.1. The molecule has 18 heteroatoms. The lowest BCUT2D eigenvalue weighted by atomic mass is 9.98. The first-order valence-corrected chi connectivity index (χ1v) is 21.6. The van der Waals surface area contributed by atoms with Crippen LogP contribution in [0, 0.1) is 0 Å². The van der Waals surface area contributed by atoms with E-state index < -0.39 is 5.60 Å². The highest BCUT2D eigenvalue weighted by molar-refractivity contribution is 7.98. The third kappa shape index (κ3) is 22.2. The van der Waals surface area contributed by atoms with Crippen molar-refractivity contribution >= 4 is 35.4 Å². The van der Waals surface area contributed by atoms with Gasteiger partial charge in [0.2, 0.25) is 0 Å². The summed E-state index contributed by atoms with van der Waals surface area (Å²) in [5, 5.41) is 4.28. The molecule has 0 fully saturated rings. The quantitative estimate of drug-likeness (QED) is 0.0397. The maximum Gasteiger partial charge on any atom is 0.308 e. The summed E-state index contributed by atoms with van der Waals surface area (Å²) in [6.45, 7) is 12.7. The van der Waals surface area contributed by atoms with Gasteiger partial charge in [-0.2, -0.15) is 0 Å². The first-order valence-electron chi connectivity index (χ1n) is 19.2. The smallest absolute Gasteiger partial charge is 0.308 e. The number of nitrogens with zero attached hydrogens (tertiary/aromatic N) is 4. The molecule has 1 N–H and O–H groups in total. The van der Waals surface area contributed by atoms with Crippen LogP contribution >= 0.6 is 23.5 Å². The lowest BCUT2D eigenvalue weighted by molar-refractivity contribution is -0.156. The molecule has 0 radical (unpaired) electrons. The Morgan fingerprint density at radius 1 is 0.517 bits per heavy atom. The van der Waals surface area contributed by atoms with Crippen molar-refractivity contribution in [1.29, 1.82) is 0 Å².